The van der Waals surface area contributed by atoms with Gasteiger partial charge in [-0.2, -0.15) is 0 Å². The van der Waals surface area contributed by atoms with E-state index in [0.29, 0.717) is 12.0 Å². The van der Waals surface area contributed by atoms with Crippen LogP contribution in [0.15, 0.2) is 18.2 Å². The Morgan fingerprint density at radius 3 is 2.75 bits per heavy atom. The monoisotopic (exact) mass is 294 g/mol. The number of nitrogens with zero attached hydrogens (tertiary/aromatic N) is 1. The second-order valence-electron chi connectivity index (χ2n) is 6.62. The van der Waals surface area contributed by atoms with Crippen LogP contribution in [0.2, 0.25) is 5.02 Å². The molecule has 2 atom stereocenters. The molecule has 1 aliphatic heterocycles. The standard InChI is InChI=1S/C17H27ClN2/c1-6-17(5)11-20(16(10-19-17)12(2)3)15-9-7-8-14(18)13(15)4/h7-9,12,16,19H,6,10-11H2,1-5H3. The van der Waals surface area contributed by atoms with Crippen molar-refractivity contribution >= 4 is 17.3 Å². The third-order valence-corrected chi connectivity index (χ3v) is 5.17. The van der Waals surface area contributed by atoms with Gasteiger partial charge in [0.25, 0.3) is 0 Å². The van der Waals surface area contributed by atoms with Crippen molar-refractivity contribution < 1.29 is 0 Å². The predicted molar refractivity (Wildman–Crippen MR) is 88.9 cm³/mol. The zero-order chi connectivity index (χ0) is 14.9. The van der Waals surface area contributed by atoms with E-state index in [1.54, 1.807) is 0 Å². The van der Waals surface area contributed by atoms with E-state index in [4.69, 9.17) is 11.6 Å². The number of benzene rings is 1. The molecule has 0 aliphatic carbocycles. The molecule has 1 N–H and O–H groups in total. The lowest BCUT2D eigenvalue weighted by molar-refractivity contribution is 0.253. The van der Waals surface area contributed by atoms with Crippen molar-refractivity contribution in [1.82, 2.24) is 5.32 Å². The summed E-state index contributed by atoms with van der Waals surface area (Å²) in [5.41, 5.74) is 2.66. The molecule has 0 radical (unpaired) electrons. The molecule has 0 aromatic heterocycles. The quantitative estimate of drug-likeness (QED) is 0.896. The summed E-state index contributed by atoms with van der Waals surface area (Å²) in [6.07, 6.45) is 1.13. The van der Waals surface area contributed by atoms with Gasteiger partial charge in [0.05, 0.1) is 0 Å². The van der Waals surface area contributed by atoms with Gasteiger partial charge in [-0.15, -0.1) is 0 Å². The molecular weight excluding hydrogens is 268 g/mol. The molecule has 112 valence electrons. The summed E-state index contributed by atoms with van der Waals surface area (Å²) in [4.78, 5) is 2.56. The van der Waals surface area contributed by atoms with Crippen molar-refractivity contribution in [3.8, 4) is 0 Å². The molecule has 0 spiro atoms. The van der Waals surface area contributed by atoms with Crippen LogP contribution in [0.25, 0.3) is 0 Å². The van der Waals surface area contributed by atoms with Crippen molar-refractivity contribution in [3.05, 3.63) is 28.8 Å². The van der Waals surface area contributed by atoms with Crippen LogP contribution in [-0.2, 0) is 0 Å². The molecule has 1 aromatic carbocycles. The molecule has 1 heterocycles. The Hall–Kier alpha value is -0.730. The van der Waals surface area contributed by atoms with Crippen molar-refractivity contribution in [3.63, 3.8) is 0 Å². The van der Waals surface area contributed by atoms with E-state index >= 15 is 0 Å². The number of nitrogens with one attached hydrogen (secondary N) is 1. The Morgan fingerprint density at radius 1 is 1.45 bits per heavy atom. The van der Waals surface area contributed by atoms with Gasteiger partial charge in [-0.3, -0.25) is 0 Å². The number of piperazine rings is 1. The third-order valence-electron chi connectivity index (χ3n) is 4.76. The Balaban J connectivity index is 2.39. The third kappa shape index (κ3) is 2.96. The van der Waals surface area contributed by atoms with Crippen LogP contribution in [0.5, 0.6) is 0 Å². The number of rotatable bonds is 3. The first kappa shape index (κ1) is 15.7. The first-order valence-corrected chi connectivity index (χ1v) is 8.02. The Bertz CT molecular complexity index is 472. The van der Waals surface area contributed by atoms with Gasteiger partial charge in [0.15, 0.2) is 0 Å². The number of hydrogen-bond acceptors (Lipinski definition) is 2. The molecule has 3 heteroatoms. The Kier molecular flexibility index (Phi) is 4.66. The summed E-state index contributed by atoms with van der Waals surface area (Å²) in [6.45, 7) is 13.4. The highest BCUT2D eigenvalue weighted by atomic mass is 35.5. The second-order valence-corrected chi connectivity index (χ2v) is 7.03. The lowest BCUT2D eigenvalue weighted by Crippen LogP contribution is -2.64. The van der Waals surface area contributed by atoms with Crippen LogP contribution in [0, 0.1) is 12.8 Å². The smallest absolute Gasteiger partial charge is 0.0455 e. The van der Waals surface area contributed by atoms with Crippen LogP contribution < -0.4 is 10.2 Å². The lowest BCUT2D eigenvalue weighted by Gasteiger charge is -2.49. The molecule has 0 bridgehead atoms. The van der Waals surface area contributed by atoms with E-state index in [9.17, 15) is 0 Å². The number of anilines is 1. The van der Waals surface area contributed by atoms with E-state index in [1.807, 2.05) is 6.07 Å². The Morgan fingerprint density at radius 2 is 2.15 bits per heavy atom. The highest BCUT2D eigenvalue weighted by Crippen LogP contribution is 2.33. The van der Waals surface area contributed by atoms with E-state index in [0.717, 1.165) is 24.5 Å². The SMILES string of the molecule is CCC1(C)CN(c2cccc(Cl)c2C)C(C(C)C)CN1. The van der Waals surface area contributed by atoms with Crippen LogP contribution in [-0.4, -0.2) is 24.7 Å². The molecule has 2 nitrogen and oxygen atoms in total. The van der Waals surface area contributed by atoms with E-state index in [-0.39, 0.29) is 5.54 Å². The van der Waals surface area contributed by atoms with E-state index in [2.05, 4.69) is 57.0 Å². The van der Waals surface area contributed by atoms with Gasteiger partial charge in [-0.05, 0) is 43.9 Å². The van der Waals surface area contributed by atoms with Crippen LogP contribution >= 0.6 is 11.6 Å². The van der Waals surface area contributed by atoms with Gasteiger partial charge in [0, 0.05) is 35.4 Å². The van der Waals surface area contributed by atoms with Gasteiger partial charge >= 0.3 is 0 Å². The minimum atomic E-state index is 0.181. The average molecular weight is 295 g/mol. The summed E-state index contributed by atoms with van der Waals surface area (Å²) < 4.78 is 0. The summed E-state index contributed by atoms with van der Waals surface area (Å²) in [5.74, 6) is 0.613. The van der Waals surface area contributed by atoms with Gasteiger partial charge in [0.1, 0.15) is 0 Å². The maximum absolute atomic E-state index is 6.32. The molecule has 0 amide bonds. The van der Waals surface area contributed by atoms with E-state index < -0.39 is 0 Å². The van der Waals surface area contributed by atoms with Gasteiger partial charge in [-0.25, -0.2) is 0 Å². The first-order chi connectivity index (χ1) is 9.38. The maximum Gasteiger partial charge on any atom is 0.0455 e. The molecular formula is C17H27ClN2. The topological polar surface area (TPSA) is 15.3 Å². The predicted octanol–water partition coefficient (Wildman–Crippen LogP) is 4.25. The molecule has 1 aliphatic rings. The van der Waals surface area contributed by atoms with Crippen LogP contribution in [0.4, 0.5) is 5.69 Å². The maximum atomic E-state index is 6.32. The van der Waals surface area contributed by atoms with Crippen LogP contribution in [0.3, 0.4) is 0 Å². The summed E-state index contributed by atoms with van der Waals surface area (Å²) in [7, 11) is 0. The normalized spacial score (nSPS) is 27.1. The van der Waals surface area contributed by atoms with Gasteiger partial charge in [0.2, 0.25) is 0 Å². The fraction of sp³-hybridized carbons (Fsp3) is 0.647. The summed E-state index contributed by atoms with van der Waals surface area (Å²) in [6, 6.07) is 6.77. The highest BCUT2D eigenvalue weighted by molar-refractivity contribution is 6.31. The van der Waals surface area contributed by atoms with Crippen molar-refractivity contribution in [2.24, 2.45) is 5.92 Å². The molecule has 1 fully saturated rings. The highest BCUT2D eigenvalue weighted by Gasteiger charge is 2.36. The largest absolute Gasteiger partial charge is 0.365 e. The molecule has 20 heavy (non-hydrogen) atoms. The molecule has 2 unspecified atom stereocenters. The minimum absolute atomic E-state index is 0.181. The minimum Gasteiger partial charge on any atom is -0.365 e. The van der Waals surface area contributed by atoms with Crippen LogP contribution in [0.1, 0.15) is 39.7 Å². The fourth-order valence-electron chi connectivity index (χ4n) is 3.01. The van der Waals surface area contributed by atoms with Crippen molar-refractivity contribution in [2.45, 2.75) is 52.6 Å². The molecule has 1 saturated heterocycles. The lowest BCUT2D eigenvalue weighted by atomic mass is 9.89. The van der Waals surface area contributed by atoms with Gasteiger partial charge < -0.3 is 10.2 Å². The van der Waals surface area contributed by atoms with Crippen molar-refractivity contribution in [1.29, 1.82) is 0 Å². The van der Waals surface area contributed by atoms with Crippen molar-refractivity contribution in [2.75, 3.05) is 18.0 Å². The molecule has 0 saturated carbocycles. The summed E-state index contributed by atoms with van der Waals surface area (Å²) >= 11 is 6.32. The first-order valence-electron chi connectivity index (χ1n) is 7.65. The summed E-state index contributed by atoms with van der Waals surface area (Å²) in [5, 5.41) is 4.60. The molecule has 1 aromatic rings. The molecule has 2 rings (SSSR count). The zero-order valence-corrected chi connectivity index (χ0v) is 14.1. The fourth-order valence-corrected chi connectivity index (χ4v) is 3.18. The number of hydrogen-bond donors (Lipinski definition) is 1. The number of halogens is 1. The zero-order valence-electron chi connectivity index (χ0n) is 13.3. The van der Waals surface area contributed by atoms with E-state index in [1.165, 1.54) is 11.3 Å². The second kappa shape index (κ2) is 5.95. The Labute approximate surface area is 128 Å². The van der Waals surface area contributed by atoms with Gasteiger partial charge in [-0.1, -0.05) is 38.4 Å². The average Bonchev–Trinajstić information content (AvgIpc) is 2.41.